The van der Waals surface area contributed by atoms with E-state index in [1.807, 2.05) is 0 Å². The largest absolute Gasteiger partial charge is 0.290 e. The van der Waals surface area contributed by atoms with Crippen LogP contribution in [0.1, 0.15) is 25.7 Å². The quantitative estimate of drug-likeness (QED) is 0.480. The van der Waals surface area contributed by atoms with E-state index in [0.717, 1.165) is 31.4 Å². The van der Waals surface area contributed by atoms with Crippen molar-refractivity contribution >= 4 is 43.2 Å². The Hall–Kier alpha value is -0.700. The van der Waals surface area contributed by atoms with Crippen molar-refractivity contribution in [1.29, 1.82) is 0 Å². The van der Waals surface area contributed by atoms with Crippen molar-refractivity contribution in [3.63, 3.8) is 0 Å². The minimum absolute atomic E-state index is 0.0346. The minimum atomic E-state index is -3.97. The molecule has 1 aliphatic rings. The number of nitrogens with one attached hydrogen (secondary N) is 1. The lowest BCUT2D eigenvalue weighted by Gasteiger charge is -2.27. The molecule has 21 heavy (non-hydrogen) atoms. The van der Waals surface area contributed by atoms with Gasteiger partial charge >= 0.3 is 0 Å². The van der Waals surface area contributed by atoms with Gasteiger partial charge in [0.2, 0.25) is 10.0 Å². The van der Waals surface area contributed by atoms with Crippen LogP contribution in [0, 0.1) is 10.1 Å². The van der Waals surface area contributed by atoms with Crippen LogP contribution in [-0.2, 0) is 10.0 Å². The van der Waals surface area contributed by atoms with E-state index in [9.17, 15) is 18.5 Å². The Labute approximate surface area is 136 Å². The Morgan fingerprint density at radius 1 is 1.33 bits per heavy atom. The van der Waals surface area contributed by atoms with Gasteiger partial charge in [0.15, 0.2) is 4.90 Å². The van der Waals surface area contributed by atoms with Crippen molar-refractivity contribution < 1.29 is 13.3 Å². The van der Waals surface area contributed by atoms with Gasteiger partial charge in [-0.1, -0.05) is 40.4 Å². The first-order valence-electron chi connectivity index (χ1n) is 6.41. The van der Waals surface area contributed by atoms with E-state index in [-0.39, 0.29) is 20.8 Å². The van der Waals surface area contributed by atoms with E-state index >= 15 is 0 Å². The van der Waals surface area contributed by atoms with E-state index < -0.39 is 20.6 Å². The Bertz CT molecular complexity index is 653. The van der Waals surface area contributed by atoms with Crippen LogP contribution in [0.25, 0.3) is 0 Å². The fraction of sp³-hybridized carbons (Fsp3) is 0.500. The van der Waals surface area contributed by atoms with Gasteiger partial charge in [-0.2, -0.15) is 0 Å². The summed E-state index contributed by atoms with van der Waals surface area (Å²) in [7, 11) is -3.97. The molecule has 1 aromatic carbocycles. The molecule has 2 rings (SSSR count). The number of nitro benzene ring substituents is 1. The molecule has 0 aliphatic heterocycles. The van der Waals surface area contributed by atoms with Crippen LogP contribution in [0.3, 0.4) is 0 Å². The number of benzene rings is 1. The average Bonchev–Trinajstić information content (AvgIpc) is 2.40. The molecular formula is C12H14BrClN2O4S. The zero-order valence-corrected chi connectivity index (χ0v) is 14.1. The van der Waals surface area contributed by atoms with Crippen molar-refractivity contribution in [2.45, 2.75) is 41.4 Å². The van der Waals surface area contributed by atoms with Crippen molar-refractivity contribution in [3.05, 3.63) is 33.3 Å². The molecule has 6 nitrogen and oxygen atoms in total. The van der Waals surface area contributed by atoms with Crippen molar-refractivity contribution in [3.8, 4) is 0 Å². The van der Waals surface area contributed by atoms with E-state index in [2.05, 4.69) is 20.7 Å². The molecule has 2 unspecified atom stereocenters. The molecule has 1 saturated carbocycles. The number of rotatable bonds is 4. The fourth-order valence-electron chi connectivity index (χ4n) is 2.34. The maximum absolute atomic E-state index is 12.4. The Morgan fingerprint density at radius 2 is 2.00 bits per heavy atom. The number of hydrogen-bond donors (Lipinski definition) is 1. The van der Waals surface area contributed by atoms with Crippen molar-refractivity contribution in [1.82, 2.24) is 4.72 Å². The molecular weight excluding hydrogens is 384 g/mol. The van der Waals surface area contributed by atoms with Crippen LogP contribution in [0.15, 0.2) is 23.1 Å². The van der Waals surface area contributed by atoms with Gasteiger partial charge in [0.25, 0.3) is 5.69 Å². The number of alkyl halides is 1. The molecule has 0 aromatic heterocycles. The molecule has 0 saturated heterocycles. The molecule has 2 atom stereocenters. The number of sulfonamides is 1. The first-order chi connectivity index (χ1) is 9.81. The highest BCUT2D eigenvalue weighted by Gasteiger charge is 2.31. The van der Waals surface area contributed by atoms with Gasteiger partial charge in [0.1, 0.15) is 0 Å². The molecule has 0 amide bonds. The van der Waals surface area contributed by atoms with Gasteiger partial charge < -0.3 is 0 Å². The van der Waals surface area contributed by atoms with Gasteiger partial charge in [0.05, 0.1) is 4.92 Å². The number of hydrogen-bond acceptors (Lipinski definition) is 4. The first-order valence-corrected chi connectivity index (χ1v) is 9.19. The van der Waals surface area contributed by atoms with Gasteiger partial charge in [0, 0.05) is 22.0 Å². The summed E-state index contributed by atoms with van der Waals surface area (Å²) < 4.78 is 27.4. The standard InChI is InChI=1S/C12H14BrClN2O4S/c13-9-3-1-2-4-10(9)15-21(19,20)12-6-5-8(14)7-11(12)16(17)18/h5-7,9-10,15H,1-4H2. The summed E-state index contributed by atoms with van der Waals surface area (Å²) in [4.78, 5) is 9.96. The molecule has 1 N–H and O–H groups in total. The number of nitro groups is 1. The maximum Gasteiger partial charge on any atom is 0.290 e. The molecule has 1 aliphatic carbocycles. The Morgan fingerprint density at radius 3 is 2.62 bits per heavy atom. The third kappa shape index (κ3) is 3.94. The summed E-state index contributed by atoms with van der Waals surface area (Å²) in [6.07, 6.45) is 3.54. The lowest BCUT2D eigenvalue weighted by atomic mass is 9.96. The monoisotopic (exact) mass is 396 g/mol. The van der Waals surface area contributed by atoms with E-state index in [0.29, 0.717) is 6.42 Å². The summed E-state index contributed by atoms with van der Waals surface area (Å²) in [6.45, 7) is 0. The molecule has 1 fully saturated rings. The Balaban J connectivity index is 2.33. The van der Waals surface area contributed by atoms with Crippen LogP contribution in [0.2, 0.25) is 5.02 Å². The highest BCUT2D eigenvalue weighted by atomic mass is 79.9. The summed E-state index contributed by atoms with van der Waals surface area (Å²) >= 11 is 9.16. The second-order valence-corrected chi connectivity index (χ2v) is 8.19. The predicted molar refractivity (Wildman–Crippen MR) is 83.4 cm³/mol. The minimum Gasteiger partial charge on any atom is -0.258 e. The average molecular weight is 398 g/mol. The molecule has 0 bridgehead atoms. The molecule has 1 aromatic rings. The first kappa shape index (κ1) is 16.7. The topological polar surface area (TPSA) is 89.3 Å². The highest BCUT2D eigenvalue weighted by Crippen LogP contribution is 2.30. The van der Waals surface area contributed by atoms with Crippen LogP contribution in [-0.4, -0.2) is 24.2 Å². The van der Waals surface area contributed by atoms with Gasteiger partial charge in [-0.05, 0) is 25.0 Å². The SMILES string of the molecule is O=[N+]([O-])c1cc(Cl)ccc1S(=O)(=O)NC1CCCCC1Br. The van der Waals surface area contributed by atoms with Gasteiger partial charge in [-0.25, -0.2) is 13.1 Å². The van der Waals surface area contributed by atoms with E-state index in [4.69, 9.17) is 11.6 Å². The highest BCUT2D eigenvalue weighted by molar-refractivity contribution is 9.09. The van der Waals surface area contributed by atoms with Crippen LogP contribution in [0.5, 0.6) is 0 Å². The lowest BCUT2D eigenvalue weighted by molar-refractivity contribution is -0.387. The lowest BCUT2D eigenvalue weighted by Crippen LogP contribution is -2.42. The van der Waals surface area contributed by atoms with Crippen molar-refractivity contribution in [2.75, 3.05) is 0 Å². The Kier molecular flexibility index (Phi) is 5.24. The fourth-order valence-corrected chi connectivity index (χ4v) is 4.87. The maximum atomic E-state index is 12.4. The second-order valence-electron chi connectivity index (χ2n) is 4.90. The normalized spacial score (nSPS) is 23.0. The summed E-state index contributed by atoms with van der Waals surface area (Å²) in [5.74, 6) is 0. The molecule has 0 heterocycles. The molecule has 116 valence electrons. The van der Waals surface area contributed by atoms with Gasteiger partial charge in [-0.15, -0.1) is 0 Å². The van der Waals surface area contributed by atoms with Crippen LogP contribution < -0.4 is 4.72 Å². The molecule has 0 radical (unpaired) electrons. The van der Waals surface area contributed by atoms with Crippen LogP contribution in [0.4, 0.5) is 5.69 Å². The summed E-state index contributed by atoms with van der Waals surface area (Å²) in [5, 5.41) is 11.1. The third-order valence-corrected chi connectivity index (χ3v) is 6.26. The summed E-state index contributed by atoms with van der Waals surface area (Å²) in [6, 6.07) is 3.27. The zero-order valence-electron chi connectivity index (χ0n) is 11.0. The number of halogens is 2. The zero-order chi connectivity index (χ0) is 15.6. The number of nitrogens with zero attached hydrogens (tertiary/aromatic N) is 1. The third-order valence-electron chi connectivity index (χ3n) is 3.40. The smallest absolute Gasteiger partial charge is 0.258 e. The second kappa shape index (κ2) is 6.60. The predicted octanol–water partition coefficient (Wildman–Crippen LogP) is 3.23. The molecule has 0 spiro atoms. The van der Waals surface area contributed by atoms with E-state index in [1.165, 1.54) is 6.07 Å². The van der Waals surface area contributed by atoms with Crippen molar-refractivity contribution in [2.24, 2.45) is 0 Å². The van der Waals surface area contributed by atoms with E-state index in [1.54, 1.807) is 0 Å². The summed E-state index contributed by atoms with van der Waals surface area (Å²) in [5.41, 5.74) is -0.517. The van der Waals surface area contributed by atoms with Gasteiger partial charge in [-0.3, -0.25) is 10.1 Å². The molecule has 9 heteroatoms. The van der Waals surface area contributed by atoms with Crippen LogP contribution >= 0.6 is 27.5 Å².